The number of morpholine rings is 1. The molecule has 0 aromatic carbocycles. The van der Waals surface area contributed by atoms with Crippen LogP contribution >= 0.6 is 11.3 Å². The fraction of sp³-hybridized carbons (Fsp3) is 0.800. The third-order valence-corrected chi connectivity index (χ3v) is 7.57. The number of fused-ring (bicyclic) bond motifs is 1. The van der Waals surface area contributed by atoms with E-state index < -0.39 is 0 Å². The van der Waals surface area contributed by atoms with Crippen molar-refractivity contribution >= 4 is 22.4 Å². The van der Waals surface area contributed by atoms with Crippen LogP contribution in [0.15, 0.2) is 5.38 Å². The molecular formula is C20H33N5O2S. The Labute approximate surface area is 171 Å². The number of piperidine rings is 1. The van der Waals surface area contributed by atoms with E-state index in [0.717, 1.165) is 83.6 Å². The molecule has 0 radical (unpaired) electrons. The number of aromatic nitrogens is 1. The van der Waals surface area contributed by atoms with E-state index in [9.17, 15) is 4.79 Å². The number of carbonyl (C=O) groups is 1. The highest BCUT2D eigenvalue weighted by Gasteiger charge is 2.50. The van der Waals surface area contributed by atoms with Gasteiger partial charge in [0.05, 0.1) is 24.3 Å². The van der Waals surface area contributed by atoms with Gasteiger partial charge in [0, 0.05) is 37.6 Å². The van der Waals surface area contributed by atoms with Crippen molar-refractivity contribution in [3.8, 4) is 0 Å². The summed E-state index contributed by atoms with van der Waals surface area (Å²) in [4.78, 5) is 20.1. The fourth-order valence-corrected chi connectivity index (χ4v) is 5.85. The average Bonchev–Trinajstić information content (AvgIpc) is 3.16. The molecule has 0 spiro atoms. The highest BCUT2D eigenvalue weighted by atomic mass is 32.1. The smallest absolute Gasteiger partial charge is 0.227 e. The number of hydrogen-bond acceptors (Lipinski definition) is 7. The quantitative estimate of drug-likeness (QED) is 0.615. The van der Waals surface area contributed by atoms with Gasteiger partial charge in [-0.1, -0.05) is 0 Å². The van der Waals surface area contributed by atoms with Gasteiger partial charge in [0.15, 0.2) is 5.13 Å². The minimum atomic E-state index is -0.230. The van der Waals surface area contributed by atoms with Gasteiger partial charge in [-0.2, -0.15) is 0 Å². The normalized spacial score (nSPS) is 31.3. The number of nitrogens with zero attached hydrogens (tertiary/aromatic N) is 2. The summed E-state index contributed by atoms with van der Waals surface area (Å²) in [6, 6.07) is 0.614. The Balaban J connectivity index is 1.31. The molecule has 0 unspecified atom stereocenters. The predicted octanol–water partition coefficient (Wildman–Crippen LogP) is 1.25. The number of amides is 1. The van der Waals surface area contributed by atoms with E-state index in [1.54, 1.807) is 0 Å². The van der Waals surface area contributed by atoms with Crippen molar-refractivity contribution in [3.05, 3.63) is 11.1 Å². The zero-order valence-corrected chi connectivity index (χ0v) is 17.4. The number of nitrogen functional groups attached to an aromatic ring is 1. The Bertz CT molecular complexity index is 663. The Morgan fingerprint density at radius 2 is 2.29 bits per heavy atom. The van der Waals surface area contributed by atoms with Gasteiger partial charge in [-0.25, -0.2) is 4.98 Å². The van der Waals surface area contributed by atoms with Gasteiger partial charge in [-0.15, -0.1) is 11.3 Å². The molecule has 3 atom stereocenters. The first-order chi connectivity index (χ1) is 13.7. The van der Waals surface area contributed by atoms with Gasteiger partial charge >= 0.3 is 0 Å². The molecule has 28 heavy (non-hydrogen) atoms. The molecule has 1 aromatic heterocycles. The van der Waals surface area contributed by atoms with Crippen molar-refractivity contribution < 1.29 is 9.53 Å². The zero-order chi connectivity index (χ0) is 19.4. The van der Waals surface area contributed by atoms with Gasteiger partial charge in [-0.3, -0.25) is 9.69 Å². The molecule has 7 nitrogen and oxygen atoms in total. The first-order valence-electron chi connectivity index (χ1n) is 10.7. The maximum absolute atomic E-state index is 13.2. The summed E-state index contributed by atoms with van der Waals surface area (Å²) in [6.45, 7) is 6.32. The Morgan fingerprint density at radius 3 is 3.07 bits per heavy atom. The number of rotatable bonds is 6. The van der Waals surface area contributed by atoms with Crippen LogP contribution < -0.4 is 16.4 Å². The molecule has 3 fully saturated rings. The maximum Gasteiger partial charge on any atom is 0.227 e. The second-order valence-electron chi connectivity index (χ2n) is 8.43. The van der Waals surface area contributed by atoms with Crippen LogP contribution in [-0.2, 0) is 16.0 Å². The molecule has 1 saturated carbocycles. The largest absolute Gasteiger partial charge is 0.379 e. The van der Waals surface area contributed by atoms with Gasteiger partial charge in [0.25, 0.3) is 0 Å². The highest BCUT2D eigenvalue weighted by molar-refractivity contribution is 7.13. The van der Waals surface area contributed by atoms with Crippen molar-refractivity contribution in [2.24, 2.45) is 11.3 Å². The lowest BCUT2D eigenvalue weighted by atomic mass is 9.61. The molecule has 8 heteroatoms. The van der Waals surface area contributed by atoms with Crippen LogP contribution in [0.1, 0.15) is 37.8 Å². The Morgan fingerprint density at radius 1 is 1.43 bits per heavy atom. The van der Waals surface area contributed by atoms with Crippen LogP contribution in [0.3, 0.4) is 0 Å². The summed E-state index contributed by atoms with van der Waals surface area (Å²) in [5, 5.41) is 9.37. The number of ether oxygens (including phenoxy) is 1. The molecule has 4 rings (SSSR count). The molecular weight excluding hydrogens is 374 g/mol. The molecule has 2 aliphatic heterocycles. The second-order valence-corrected chi connectivity index (χ2v) is 9.32. The summed E-state index contributed by atoms with van der Waals surface area (Å²) < 4.78 is 5.52. The molecule has 0 bridgehead atoms. The standard InChI is InChI=1S/C20H33N5O2S/c21-19-24-16(13-28-19)2-1-6-23-18(26)20-5-3-17(25-8-10-27-11-9-25)12-15(20)4-7-22-14-20/h13,15,17,22H,1-12,14H2,(H2,21,24)(H,23,26)/t15-,17-,20-/m1/s1. The molecule has 1 aliphatic carbocycles. The van der Waals surface area contributed by atoms with Crippen LogP contribution in [0.5, 0.6) is 0 Å². The molecule has 156 valence electrons. The lowest BCUT2D eigenvalue weighted by molar-refractivity contribution is -0.140. The number of nitrogens with two attached hydrogens (primary N) is 1. The summed E-state index contributed by atoms with van der Waals surface area (Å²) in [6.07, 6.45) is 6.12. The van der Waals surface area contributed by atoms with E-state index in [-0.39, 0.29) is 11.3 Å². The molecule has 4 N–H and O–H groups in total. The minimum Gasteiger partial charge on any atom is -0.379 e. The Hall–Kier alpha value is -1.22. The van der Waals surface area contributed by atoms with Crippen LogP contribution in [0, 0.1) is 11.3 Å². The predicted molar refractivity (Wildman–Crippen MR) is 111 cm³/mol. The molecule has 3 aliphatic rings. The monoisotopic (exact) mass is 407 g/mol. The van der Waals surface area contributed by atoms with E-state index in [1.807, 2.05) is 5.38 Å². The van der Waals surface area contributed by atoms with Gasteiger partial charge < -0.3 is 21.1 Å². The van der Waals surface area contributed by atoms with Crippen molar-refractivity contribution in [1.29, 1.82) is 0 Å². The highest BCUT2D eigenvalue weighted by Crippen LogP contribution is 2.46. The number of nitrogens with one attached hydrogen (secondary N) is 2. The van der Waals surface area contributed by atoms with Gasteiger partial charge in [0.2, 0.25) is 5.91 Å². The van der Waals surface area contributed by atoms with E-state index in [0.29, 0.717) is 23.6 Å². The maximum atomic E-state index is 13.2. The third kappa shape index (κ3) is 4.35. The molecule has 1 aromatic rings. The van der Waals surface area contributed by atoms with Crippen molar-refractivity contribution in [2.75, 3.05) is 51.7 Å². The average molecular weight is 408 g/mol. The van der Waals surface area contributed by atoms with Crippen LogP contribution in [0.2, 0.25) is 0 Å². The molecule has 3 heterocycles. The van der Waals surface area contributed by atoms with Crippen LogP contribution in [0.25, 0.3) is 0 Å². The summed E-state index contributed by atoms with van der Waals surface area (Å²) in [7, 11) is 0. The topological polar surface area (TPSA) is 92.5 Å². The van der Waals surface area contributed by atoms with E-state index >= 15 is 0 Å². The molecule has 2 saturated heterocycles. The first kappa shape index (κ1) is 20.1. The Kier molecular flexibility index (Phi) is 6.50. The summed E-state index contributed by atoms with van der Waals surface area (Å²) in [5.74, 6) is 0.733. The van der Waals surface area contributed by atoms with E-state index in [4.69, 9.17) is 10.5 Å². The number of aryl methyl sites for hydroxylation is 1. The third-order valence-electron chi connectivity index (χ3n) is 6.85. The molecule has 1 amide bonds. The fourth-order valence-electron chi connectivity index (χ4n) is 5.25. The van der Waals surface area contributed by atoms with Crippen LogP contribution in [-0.4, -0.2) is 67.8 Å². The number of carbonyl (C=O) groups excluding carboxylic acids is 1. The number of thiazole rings is 1. The lowest BCUT2D eigenvalue weighted by Gasteiger charge is -2.50. The van der Waals surface area contributed by atoms with E-state index in [2.05, 4.69) is 20.5 Å². The zero-order valence-electron chi connectivity index (χ0n) is 16.6. The van der Waals surface area contributed by atoms with Crippen molar-refractivity contribution in [1.82, 2.24) is 20.5 Å². The van der Waals surface area contributed by atoms with E-state index in [1.165, 1.54) is 11.3 Å². The van der Waals surface area contributed by atoms with Crippen molar-refractivity contribution in [3.63, 3.8) is 0 Å². The summed E-state index contributed by atoms with van der Waals surface area (Å²) in [5.41, 5.74) is 6.48. The minimum absolute atomic E-state index is 0.230. The lowest BCUT2D eigenvalue weighted by Crippen LogP contribution is -2.60. The van der Waals surface area contributed by atoms with Crippen LogP contribution in [0.4, 0.5) is 5.13 Å². The summed E-state index contributed by atoms with van der Waals surface area (Å²) >= 11 is 1.48. The SMILES string of the molecule is Nc1nc(CCCNC(=O)[C@@]23CC[C@@H](N4CCOCC4)C[C@H]2CCNC3)cs1. The first-order valence-corrected chi connectivity index (χ1v) is 11.6. The van der Waals surface area contributed by atoms with Crippen molar-refractivity contribution in [2.45, 2.75) is 44.6 Å². The number of anilines is 1. The van der Waals surface area contributed by atoms with Gasteiger partial charge in [0.1, 0.15) is 0 Å². The van der Waals surface area contributed by atoms with Gasteiger partial charge in [-0.05, 0) is 51.0 Å². The number of hydrogen-bond donors (Lipinski definition) is 3. The second kappa shape index (κ2) is 9.07.